The Morgan fingerprint density at radius 1 is 1.10 bits per heavy atom. The zero-order valence-corrected chi connectivity index (χ0v) is 26.3. The minimum absolute atomic E-state index is 0.0440. The second kappa shape index (κ2) is 11.5. The number of aromatic hydroxyl groups is 1. The van der Waals surface area contributed by atoms with Gasteiger partial charge >= 0.3 is 11.9 Å². The van der Waals surface area contributed by atoms with Gasteiger partial charge in [-0.3, -0.25) is 19.3 Å². The van der Waals surface area contributed by atoms with E-state index in [-0.39, 0.29) is 28.0 Å². The van der Waals surface area contributed by atoms with Crippen LogP contribution in [-0.2, 0) is 39.5 Å². The fourth-order valence-corrected chi connectivity index (χ4v) is 5.99. The van der Waals surface area contributed by atoms with E-state index >= 15 is 0 Å². The summed E-state index contributed by atoms with van der Waals surface area (Å²) in [5.41, 5.74) is 0.810. The molecule has 3 atom stereocenters. The van der Waals surface area contributed by atoms with Crippen LogP contribution in [0.15, 0.2) is 28.4 Å². The summed E-state index contributed by atoms with van der Waals surface area (Å²) < 4.78 is 11.2. The van der Waals surface area contributed by atoms with E-state index in [1.54, 1.807) is 27.0 Å². The SMILES string of the molecule is CC(=O)OC(N=Cc1cc(C(C)(C)C)c(O)c(C(C)(C)C)c1)C1=C(C(=O)OC(C)(C)C)N2C(=O)[C@H](NC=O)[C@H]2SC1. The molecule has 2 aliphatic heterocycles. The topological polar surface area (TPSA) is 135 Å². The molecule has 1 aromatic carbocycles. The molecule has 0 saturated carbocycles. The largest absolute Gasteiger partial charge is 0.507 e. The van der Waals surface area contributed by atoms with Gasteiger partial charge in [-0.25, -0.2) is 9.79 Å². The quantitative estimate of drug-likeness (QED) is 0.212. The Morgan fingerprint density at radius 2 is 1.66 bits per heavy atom. The lowest BCUT2D eigenvalue weighted by atomic mass is 9.78. The number of benzene rings is 1. The van der Waals surface area contributed by atoms with Crippen molar-refractivity contribution in [2.45, 2.75) is 103 Å². The van der Waals surface area contributed by atoms with Crippen molar-refractivity contribution in [3.8, 4) is 5.75 Å². The molecular weight excluding hydrogens is 546 g/mol. The van der Waals surface area contributed by atoms with Crippen molar-refractivity contribution >= 4 is 42.2 Å². The molecule has 1 aromatic rings. The molecule has 10 nitrogen and oxygen atoms in total. The summed E-state index contributed by atoms with van der Waals surface area (Å²) in [6.45, 7) is 18.4. The predicted octanol–water partition coefficient (Wildman–Crippen LogP) is 3.92. The van der Waals surface area contributed by atoms with Crippen molar-refractivity contribution in [2.75, 3.05) is 5.75 Å². The van der Waals surface area contributed by atoms with Crippen molar-refractivity contribution in [1.82, 2.24) is 10.2 Å². The highest BCUT2D eigenvalue weighted by atomic mass is 32.2. The van der Waals surface area contributed by atoms with Gasteiger partial charge in [-0.05, 0) is 49.3 Å². The number of fused-ring (bicyclic) bond motifs is 1. The molecule has 2 amide bonds. The third-order valence-corrected chi connectivity index (χ3v) is 7.82. The molecule has 11 heteroatoms. The van der Waals surface area contributed by atoms with E-state index in [0.29, 0.717) is 17.5 Å². The monoisotopic (exact) mass is 587 g/mol. The molecule has 2 heterocycles. The lowest BCUT2D eigenvalue weighted by molar-refractivity contribution is -0.159. The molecule has 1 saturated heterocycles. The summed E-state index contributed by atoms with van der Waals surface area (Å²) in [5, 5.41) is 13.1. The first-order valence-electron chi connectivity index (χ1n) is 13.5. The second-order valence-corrected chi connectivity index (χ2v) is 14.4. The van der Waals surface area contributed by atoms with Gasteiger partial charge in [0.05, 0.1) is 0 Å². The number of carbonyl (C=O) groups excluding carboxylic acids is 4. The van der Waals surface area contributed by atoms with Crippen molar-refractivity contribution < 1.29 is 33.8 Å². The Kier molecular flexibility index (Phi) is 9.03. The molecule has 3 rings (SSSR count). The van der Waals surface area contributed by atoms with E-state index in [1.807, 2.05) is 53.7 Å². The Balaban J connectivity index is 2.16. The maximum Gasteiger partial charge on any atom is 0.355 e. The zero-order valence-electron chi connectivity index (χ0n) is 25.4. The van der Waals surface area contributed by atoms with Gasteiger partial charge in [0, 0.05) is 35.6 Å². The first kappa shape index (κ1) is 32.2. The molecule has 41 heavy (non-hydrogen) atoms. The number of amides is 2. The van der Waals surface area contributed by atoms with Crippen LogP contribution in [0.5, 0.6) is 5.75 Å². The van der Waals surface area contributed by atoms with Crippen LogP contribution in [-0.4, -0.2) is 69.5 Å². The summed E-state index contributed by atoms with van der Waals surface area (Å²) in [5.74, 6) is -1.43. The number of β-lactam (4-membered cyclic amide) rings is 1. The van der Waals surface area contributed by atoms with Gasteiger partial charge in [0.1, 0.15) is 28.5 Å². The highest BCUT2D eigenvalue weighted by Gasteiger charge is 2.55. The first-order valence-corrected chi connectivity index (χ1v) is 14.5. The summed E-state index contributed by atoms with van der Waals surface area (Å²) in [4.78, 5) is 55.6. The number of hydrogen-bond donors (Lipinski definition) is 2. The summed E-state index contributed by atoms with van der Waals surface area (Å²) >= 11 is 1.32. The Bertz CT molecular complexity index is 1260. The van der Waals surface area contributed by atoms with E-state index in [1.165, 1.54) is 23.6 Å². The van der Waals surface area contributed by atoms with Crippen LogP contribution >= 0.6 is 11.8 Å². The molecule has 0 spiro atoms. The van der Waals surface area contributed by atoms with Crippen LogP contribution in [0.25, 0.3) is 0 Å². The average molecular weight is 588 g/mol. The molecule has 0 aromatic heterocycles. The maximum absolute atomic E-state index is 13.4. The normalized spacial score (nSPS) is 20.3. The van der Waals surface area contributed by atoms with E-state index < -0.39 is 41.1 Å². The van der Waals surface area contributed by atoms with Crippen molar-refractivity contribution in [1.29, 1.82) is 0 Å². The molecule has 2 aliphatic rings. The predicted molar refractivity (Wildman–Crippen MR) is 158 cm³/mol. The van der Waals surface area contributed by atoms with Gasteiger partial charge in [-0.15, -0.1) is 11.8 Å². The van der Waals surface area contributed by atoms with Crippen molar-refractivity contribution in [3.63, 3.8) is 0 Å². The molecule has 0 radical (unpaired) electrons. The minimum Gasteiger partial charge on any atom is -0.507 e. The van der Waals surface area contributed by atoms with E-state index in [9.17, 15) is 24.3 Å². The number of thioether (sulfide) groups is 1. The van der Waals surface area contributed by atoms with Crippen molar-refractivity contribution in [3.05, 3.63) is 40.1 Å². The number of rotatable bonds is 7. The fourth-order valence-electron chi connectivity index (χ4n) is 4.62. The number of nitrogens with zero attached hydrogens (tertiary/aromatic N) is 2. The number of phenolic OH excluding ortho intramolecular Hbond substituents is 1. The van der Waals surface area contributed by atoms with Crippen LogP contribution in [0.2, 0.25) is 0 Å². The molecule has 2 N–H and O–H groups in total. The van der Waals surface area contributed by atoms with Gasteiger partial charge in [-0.1, -0.05) is 41.5 Å². The summed E-state index contributed by atoms with van der Waals surface area (Å²) in [6.07, 6.45) is 0.774. The molecule has 0 aliphatic carbocycles. The van der Waals surface area contributed by atoms with Crippen LogP contribution in [0.4, 0.5) is 0 Å². The van der Waals surface area contributed by atoms with E-state index in [4.69, 9.17) is 9.47 Å². The van der Waals surface area contributed by atoms with Gasteiger partial charge in [-0.2, -0.15) is 0 Å². The van der Waals surface area contributed by atoms with Crippen LogP contribution in [0.3, 0.4) is 0 Å². The number of esters is 2. The Hall–Kier alpha value is -3.34. The fraction of sp³-hybridized carbons (Fsp3) is 0.567. The number of phenols is 1. The van der Waals surface area contributed by atoms with Gasteiger partial charge in [0.2, 0.25) is 12.6 Å². The standard InChI is InChI=1S/C30H41N3O7S/c1-16(35)39-24(31-13-17-11-19(28(2,3)4)23(36)20(12-17)29(5,6)7)18-14-41-26-21(32-15-34)25(37)33(26)22(18)27(38)40-30(8,9)10/h11-13,15,21,24,26,36H,14H2,1-10H3,(H,32,34)/t21-,24?,26+/m0/s1. The third kappa shape index (κ3) is 7.12. The van der Waals surface area contributed by atoms with Crippen molar-refractivity contribution in [2.24, 2.45) is 4.99 Å². The zero-order chi connectivity index (χ0) is 31.1. The summed E-state index contributed by atoms with van der Waals surface area (Å²) in [6, 6.07) is 2.89. The number of nitrogens with one attached hydrogen (secondary N) is 1. The molecule has 1 unspecified atom stereocenters. The van der Waals surface area contributed by atoms with Gasteiger partial charge in [0.15, 0.2) is 0 Å². The molecular formula is C30H41N3O7S. The lowest BCUT2D eigenvalue weighted by Crippen LogP contribution is -2.70. The number of ether oxygens (including phenoxy) is 2. The first-order chi connectivity index (χ1) is 18.8. The molecule has 224 valence electrons. The van der Waals surface area contributed by atoms with E-state index in [0.717, 1.165) is 11.1 Å². The maximum atomic E-state index is 13.4. The van der Waals surface area contributed by atoms with Crippen LogP contribution < -0.4 is 5.32 Å². The number of aliphatic imine (C=N–C) groups is 1. The molecule has 0 bridgehead atoms. The smallest absolute Gasteiger partial charge is 0.355 e. The Morgan fingerprint density at radius 3 is 2.12 bits per heavy atom. The van der Waals surface area contributed by atoms with Gasteiger partial charge < -0.3 is 19.9 Å². The highest BCUT2D eigenvalue weighted by molar-refractivity contribution is 8.00. The second-order valence-electron chi connectivity index (χ2n) is 13.3. The number of carbonyl (C=O) groups is 4. The third-order valence-electron chi connectivity index (χ3n) is 6.52. The minimum atomic E-state index is -1.22. The summed E-state index contributed by atoms with van der Waals surface area (Å²) in [7, 11) is 0. The Labute approximate surface area is 245 Å². The van der Waals surface area contributed by atoms with Crippen LogP contribution in [0, 0.1) is 0 Å². The van der Waals surface area contributed by atoms with E-state index in [2.05, 4.69) is 10.3 Å². The van der Waals surface area contributed by atoms with Gasteiger partial charge in [0.25, 0.3) is 5.91 Å². The highest BCUT2D eigenvalue weighted by Crippen LogP contribution is 2.43. The average Bonchev–Trinajstić information content (AvgIpc) is 2.82. The molecule has 1 fully saturated rings. The lowest BCUT2D eigenvalue weighted by Gasteiger charge is -2.49. The van der Waals surface area contributed by atoms with Crippen LogP contribution in [0.1, 0.15) is 85.9 Å². The number of hydrogen-bond acceptors (Lipinski definition) is 9.